The molecule has 2 rings (SSSR count). The van der Waals surface area contributed by atoms with Gasteiger partial charge < -0.3 is 18.9 Å². The standard InChI is InChI=1S/C19H23O5P.Li/c1-5-10-24-13-6-8-15(9-7-13)25-19(20)18-16(22-3)11-14(21-2)12-17(18)23-4;/h6-9,11-12,25H,5,10H2,1-4H3;. The molecule has 135 valence electrons. The summed E-state index contributed by atoms with van der Waals surface area (Å²) in [5, 5.41) is 0.925. The van der Waals surface area contributed by atoms with E-state index in [9.17, 15) is 4.79 Å². The number of benzene rings is 2. The molecule has 0 aliphatic rings. The van der Waals surface area contributed by atoms with Crippen molar-refractivity contribution in [1.29, 1.82) is 0 Å². The van der Waals surface area contributed by atoms with Crippen molar-refractivity contribution >= 4 is 38.3 Å². The van der Waals surface area contributed by atoms with Crippen LogP contribution in [0.15, 0.2) is 36.4 Å². The topological polar surface area (TPSA) is 54.0 Å². The Labute approximate surface area is 168 Å². The van der Waals surface area contributed by atoms with E-state index >= 15 is 0 Å². The third-order valence-corrected chi connectivity index (χ3v) is 4.63. The number of ether oxygens (including phenoxy) is 4. The number of methoxy groups -OCH3 is 3. The Morgan fingerprint density at radius 3 is 1.96 bits per heavy atom. The maximum Gasteiger partial charge on any atom is 0.193 e. The summed E-state index contributed by atoms with van der Waals surface area (Å²) in [6.45, 7) is 2.74. The second kappa shape index (κ2) is 11.1. The van der Waals surface area contributed by atoms with E-state index in [0.717, 1.165) is 17.5 Å². The number of hydrogen-bond acceptors (Lipinski definition) is 5. The summed E-state index contributed by atoms with van der Waals surface area (Å²) in [5.74, 6) is 2.27. The molecule has 0 heterocycles. The minimum Gasteiger partial charge on any atom is -0.496 e. The number of hydrogen-bond donors (Lipinski definition) is 0. The molecule has 0 spiro atoms. The minimum atomic E-state index is -0.0569. The Morgan fingerprint density at radius 2 is 1.50 bits per heavy atom. The molecule has 2 aromatic rings. The molecule has 1 unspecified atom stereocenters. The molecule has 0 aliphatic carbocycles. The van der Waals surface area contributed by atoms with Gasteiger partial charge in [0.25, 0.3) is 0 Å². The summed E-state index contributed by atoms with van der Waals surface area (Å²) in [7, 11) is 4.55. The Balaban J connectivity index is 0.00000338. The van der Waals surface area contributed by atoms with Crippen LogP contribution in [0.4, 0.5) is 0 Å². The monoisotopic (exact) mass is 369 g/mol. The van der Waals surface area contributed by atoms with Crippen molar-refractivity contribution in [2.45, 2.75) is 13.3 Å². The van der Waals surface area contributed by atoms with Gasteiger partial charge in [0.1, 0.15) is 28.6 Å². The molecule has 26 heavy (non-hydrogen) atoms. The molecule has 1 atom stereocenters. The molecule has 0 aromatic heterocycles. The number of carbonyl (C=O) groups is 1. The van der Waals surface area contributed by atoms with E-state index in [1.807, 2.05) is 24.3 Å². The molecule has 2 aromatic carbocycles. The molecule has 0 amide bonds. The summed E-state index contributed by atoms with van der Waals surface area (Å²) >= 11 is 0. The largest absolute Gasteiger partial charge is 0.496 e. The number of rotatable bonds is 9. The van der Waals surface area contributed by atoms with E-state index in [-0.39, 0.29) is 33.0 Å². The molecule has 1 radical (unpaired) electrons. The fraction of sp³-hybridized carbons (Fsp3) is 0.316. The first-order valence-corrected chi connectivity index (χ1v) is 8.97. The quantitative estimate of drug-likeness (QED) is 0.502. The van der Waals surface area contributed by atoms with E-state index in [4.69, 9.17) is 18.9 Å². The van der Waals surface area contributed by atoms with Crippen LogP contribution in [0.3, 0.4) is 0 Å². The first kappa shape index (κ1) is 22.4. The van der Waals surface area contributed by atoms with Gasteiger partial charge in [0.2, 0.25) is 0 Å². The van der Waals surface area contributed by atoms with Crippen LogP contribution in [0, 0.1) is 0 Å². The van der Waals surface area contributed by atoms with Crippen LogP contribution in [-0.2, 0) is 0 Å². The fourth-order valence-corrected chi connectivity index (χ4v) is 3.24. The summed E-state index contributed by atoms with van der Waals surface area (Å²) < 4.78 is 21.5. The van der Waals surface area contributed by atoms with Gasteiger partial charge in [-0.1, -0.05) is 19.1 Å². The van der Waals surface area contributed by atoms with Crippen LogP contribution in [-0.4, -0.2) is 52.3 Å². The Kier molecular flexibility index (Phi) is 9.58. The Morgan fingerprint density at radius 1 is 0.923 bits per heavy atom. The molecule has 0 N–H and O–H groups in total. The zero-order valence-corrected chi connectivity index (χ0v) is 16.9. The van der Waals surface area contributed by atoms with Crippen molar-refractivity contribution in [2.75, 3.05) is 27.9 Å². The van der Waals surface area contributed by atoms with E-state index in [0.29, 0.717) is 29.4 Å². The van der Waals surface area contributed by atoms with Gasteiger partial charge in [0, 0.05) is 31.0 Å². The third-order valence-electron chi connectivity index (χ3n) is 3.53. The molecule has 0 saturated carbocycles. The summed E-state index contributed by atoms with van der Waals surface area (Å²) in [5.41, 5.74) is 0.369. The van der Waals surface area contributed by atoms with Gasteiger partial charge in [-0.2, -0.15) is 0 Å². The van der Waals surface area contributed by atoms with Gasteiger partial charge >= 0.3 is 0 Å². The van der Waals surface area contributed by atoms with Gasteiger partial charge in [-0.05, 0) is 32.4 Å². The molecule has 0 saturated heterocycles. The molecular formula is C19H23LiO5P. The maximum absolute atomic E-state index is 12.8. The molecule has 7 heteroatoms. The normalized spacial score (nSPS) is 10.3. The predicted molar refractivity (Wildman–Crippen MR) is 106 cm³/mol. The second-order valence-corrected chi connectivity index (χ2v) is 6.52. The van der Waals surface area contributed by atoms with Crippen LogP contribution in [0.1, 0.15) is 23.7 Å². The summed E-state index contributed by atoms with van der Waals surface area (Å²) in [6, 6.07) is 10.9. The average molecular weight is 369 g/mol. The first-order valence-electron chi connectivity index (χ1n) is 7.97. The van der Waals surface area contributed by atoms with Gasteiger partial charge in [-0.25, -0.2) is 0 Å². The van der Waals surface area contributed by atoms with E-state index in [2.05, 4.69) is 6.92 Å². The zero-order chi connectivity index (χ0) is 18.2. The van der Waals surface area contributed by atoms with Gasteiger partial charge in [-0.3, -0.25) is 4.79 Å². The molecule has 0 aliphatic heterocycles. The molecule has 5 nitrogen and oxygen atoms in total. The SMILES string of the molecule is CCCOc1ccc(PC(=O)c2c(OC)cc(OC)cc2OC)cc1.[Li]. The van der Waals surface area contributed by atoms with E-state index in [1.165, 1.54) is 14.2 Å². The Bertz CT molecular complexity index is 693. The van der Waals surface area contributed by atoms with Crippen LogP contribution < -0.4 is 24.3 Å². The summed E-state index contributed by atoms with van der Waals surface area (Å²) in [4.78, 5) is 12.8. The van der Waals surface area contributed by atoms with Crippen LogP contribution in [0.5, 0.6) is 23.0 Å². The molecule has 0 fully saturated rings. The average Bonchev–Trinajstić information content (AvgIpc) is 2.66. The second-order valence-electron chi connectivity index (χ2n) is 5.23. The minimum absolute atomic E-state index is 0. The fourth-order valence-electron chi connectivity index (χ4n) is 2.28. The molecular weight excluding hydrogens is 346 g/mol. The van der Waals surface area contributed by atoms with Crippen LogP contribution in [0.2, 0.25) is 0 Å². The van der Waals surface area contributed by atoms with E-state index < -0.39 is 0 Å². The maximum atomic E-state index is 12.8. The molecule has 0 bridgehead atoms. The zero-order valence-electron chi connectivity index (χ0n) is 15.9. The van der Waals surface area contributed by atoms with Gasteiger partial charge in [-0.15, -0.1) is 0 Å². The smallest absolute Gasteiger partial charge is 0.193 e. The van der Waals surface area contributed by atoms with Crippen molar-refractivity contribution in [3.8, 4) is 23.0 Å². The first-order chi connectivity index (χ1) is 12.1. The Hall–Kier alpha value is -1.66. The van der Waals surface area contributed by atoms with Crippen molar-refractivity contribution in [2.24, 2.45) is 0 Å². The van der Waals surface area contributed by atoms with E-state index in [1.54, 1.807) is 19.2 Å². The van der Waals surface area contributed by atoms with Crippen molar-refractivity contribution < 1.29 is 23.7 Å². The van der Waals surface area contributed by atoms with Crippen molar-refractivity contribution in [1.82, 2.24) is 0 Å². The third kappa shape index (κ3) is 5.67. The van der Waals surface area contributed by atoms with Crippen LogP contribution >= 0.6 is 8.58 Å². The predicted octanol–water partition coefficient (Wildman–Crippen LogP) is 3.26. The van der Waals surface area contributed by atoms with Crippen LogP contribution in [0.25, 0.3) is 0 Å². The van der Waals surface area contributed by atoms with Gasteiger partial charge in [0.15, 0.2) is 5.52 Å². The summed E-state index contributed by atoms with van der Waals surface area (Å²) in [6.07, 6.45) is 0.957. The van der Waals surface area contributed by atoms with Crippen molar-refractivity contribution in [3.05, 3.63) is 42.0 Å². The van der Waals surface area contributed by atoms with Gasteiger partial charge in [0.05, 0.1) is 27.9 Å². The van der Waals surface area contributed by atoms with Crippen molar-refractivity contribution in [3.63, 3.8) is 0 Å². The number of carbonyl (C=O) groups excluding carboxylic acids is 1.